The van der Waals surface area contributed by atoms with Crippen LogP contribution in [0.2, 0.25) is 0 Å². The lowest BCUT2D eigenvalue weighted by Gasteiger charge is -2.13. The zero-order valence-electron chi connectivity index (χ0n) is 9.80. The lowest BCUT2D eigenvalue weighted by Crippen LogP contribution is -2.29. The van der Waals surface area contributed by atoms with E-state index in [2.05, 4.69) is 4.98 Å². The standard InChI is InChI=1S/C11H14N2O3S/c1-3-16-11(15)9-12-8(6-17-9)10(14)13(2)7-4-5-7/h6-7H,3-5H2,1-2H3. The minimum atomic E-state index is -0.467. The van der Waals surface area contributed by atoms with Gasteiger partial charge in [0, 0.05) is 18.5 Å². The van der Waals surface area contributed by atoms with Gasteiger partial charge in [-0.2, -0.15) is 0 Å². The Balaban J connectivity index is 2.06. The number of thiazole rings is 1. The van der Waals surface area contributed by atoms with E-state index in [0.29, 0.717) is 18.3 Å². The van der Waals surface area contributed by atoms with Crippen molar-refractivity contribution in [3.05, 3.63) is 16.1 Å². The summed E-state index contributed by atoms with van der Waals surface area (Å²) >= 11 is 1.14. The molecule has 92 valence electrons. The highest BCUT2D eigenvalue weighted by atomic mass is 32.1. The summed E-state index contributed by atoms with van der Waals surface area (Å²) in [5.74, 6) is -0.593. The zero-order chi connectivity index (χ0) is 12.4. The van der Waals surface area contributed by atoms with Gasteiger partial charge in [0.05, 0.1) is 6.61 Å². The molecule has 2 rings (SSSR count). The van der Waals surface area contributed by atoms with Crippen LogP contribution in [0.3, 0.4) is 0 Å². The van der Waals surface area contributed by atoms with E-state index in [1.165, 1.54) is 0 Å². The summed E-state index contributed by atoms with van der Waals surface area (Å²) in [6, 6.07) is 0.343. The van der Waals surface area contributed by atoms with E-state index in [0.717, 1.165) is 24.2 Å². The maximum atomic E-state index is 11.9. The molecule has 1 amide bonds. The van der Waals surface area contributed by atoms with Gasteiger partial charge in [-0.1, -0.05) is 0 Å². The van der Waals surface area contributed by atoms with E-state index in [1.807, 2.05) is 0 Å². The monoisotopic (exact) mass is 254 g/mol. The molecule has 1 aromatic rings. The number of nitrogens with zero attached hydrogens (tertiary/aromatic N) is 2. The fourth-order valence-electron chi connectivity index (χ4n) is 1.47. The second kappa shape index (κ2) is 4.83. The molecule has 0 N–H and O–H groups in total. The Morgan fingerprint density at radius 3 is 2.88 bits per heavy atom. The Bertz CT molecular complexity index is 440. The van der Waals surface area contributed by atoms with Gasteiger partial charge in [0.1, 0.15) is 5.69 Å². The van der Waals surface area contributed by atoms with E-state index in [4.69, 9.17) is 4.74 Å². The number of hydrogen-bond donors (Lipinski definition) is 0. The van der Waals surface area contributed by atoms with Crippen molar-refractivity contribution in [1.82, 2.24) is 9.88 Å². The second-order valence-electron chi connectivity index (χ2n) is 3.91. The van der Waals surface area contributed by atoms with Crippen LogP contribution in [-0.2, 0) is 4.74 Å². The van der Waals surface area contributed by atoms with Crippen LogP contribution in [0.5, 0.6) is 0 Å². The van der Waals surface area contributed by atoms with Gasteiger partial charge in [0.25, 0.3) is 5.91 Å². The van der Waals surface area contributed by atoms with Gasteiger partial charge in [0.15, 0.2) is 0 Å². The molecule has 0 bridgehead atoms. The summed E-state index contributed by atoms with van der Waals surface area (Å²) < 4.78 is 4.83. The molecule has 1 fully saturated rings. The highest BCUT2D eigenvalue weighted by Gasteiger charge is 2.31. The van der Waals surface area contributed by atoms with Crippen LogP contribution in [0.1, 0.15) is 40.1 Å². The maximum Gasteiger partial charge on any atom is 0.367 e. The molecule has 0 spiro atoms. The molecule has 5 nitrogen and oxygen atoms in total. The molecular weight excluding hydrogens is 240 g/mol. The normalized spacial score (nSPS) is 14.5. The number of ether oxygens (including phenoxy) is 1. The van der Waals surface area contributed by atoms with E-state index in [1.54, 1.807) is 24.3 Å². The van der Waals surface area contributed by atoms with Crippen molar-refractivity contribution in [1.29, 1.82) is 0 Å². The smallest absolute Gasteiger partial charge is 0.367 e. The molecule has 0 aromatic carbocycles. The summed E-state index contributed by atoms with van der Waals surface area (Å²) in [7, 11) is 1.77. The third-order valence-corrected chi connectivity index (χ3v) is 3.41. The summed E-state index contributed by atoms with van der Waals surface area (Å²) in [6.07, 6.45) is 2.11. The van der Waals surface area contributed by atoms with Gasteiger partial charge < -0.3 is 9.64 Å². The molecule has 6 heteroatoms. The number of aromatic nitrogens is 1. The number of rotatable bonds is 4. The predicted octanol–water partition coefficient (Wildman–Crippen LogP) is 1.55. The van der Waals surface area contributed by atoms with Crippen molar-refractivity contribution in [2.24, 2.45) is 0 Å². The van der Waals surface area contributed by atoms with Crippen LogP contribution in [0.25, 0.3) is 0 Å². The average molecular weight is 254 g/mol. The Labute approximate surface area is 103 Å². The Kier molecular flexibility index (Phi) is 3.42. The van der Waals surface area contributed by atoms with Gasteiger partial charge in [-0.05, 0) is 19.8 Å². The van der Waals surface area contributed by atoms with Crippen molar-refractivity contribution < 1.29 is 14.3 Å². The van der Waals surface area contributed by atoms with Gasteiger partial charge in [-0.25, -0.2) is 9.78 Å². The highest BCUT2D eigenvalue weighted by Crippen LogP contribution is 2.26. The summed E-state index contributed by atoms with van der Waals surface area (Å²) in [6.45, 7) is 2.04. The number of esters is 1. The minimum absolute atomic E-state index is 0.126. The van der Waals surface area contributed by atoms with E-state index in [9.17, 15) is 9.59 Å². The molecule has 1 aliphatic carbocycles. The van der Waals surface area contributed by atoms with Crippen LogP contribution < -0.4 is 0 Å². The first-order valence-corrected chi connectivity index (χ1v) is 6.41. The zero-order valence-corrected chi connectivity index (χ0v) is 10.6. The third kappa shape index (κ3) is 2.63. The van der Waals surface area contributed by atoms with Crippen LogP contribution in [-0.4, -0.2) is 41.5 Å². The minimum Gasteiger partial charge on any atom is -0.461 e. The maximum absolute atomic E-state index is 11.9. The number of carbonyl (C=O) groups is 2. The molecule has 0 aliphatic heterocycles. The Morgan fingerprint density at radius 2 is 2.29 bits per heavy atom. The van der Waals surface area contributed by atoms with Gasteiger partial charge >= 0.3 is 5.97 Å². The summed E-state index contributed by atoms with van der Waals surface area (Å²) in [4.78, 5) is 29.0. The fourth-order valence-corrected chi connectivity index (χ4v) is 2.15. The van der Waals surface area contributed by atoms with E-state index >= 15 is 0 Å². The lowest BCUT2D eigenvalue weighted by atomic mass is 10.4. The predicted molar refractivity (Wildman–Crippen MR) is 63.2 cm³/mol. The van der Waals surface area contributed by atoms with E-state index < -0.39 is 5.97 Å². The van der Waals surface area contributed by atoms with Gasteiger partial charge in [-0.15, -0.1) is 11.3 Å². The lowest BCUT2D eigenvalue weighted by molar-refractivity contribution is 0.0526. The van der Waals surface area contributed by atoms with Crippen molar-refractivity contribution in [2.75, 3.05) is 13.7 Å². The summed E-state index contributed by atoms with van der Waals surface area (Å²) in [5, 5.41) is 1.84. The van der Waals surface area contributed by atoms with E-state index in [-0.39, 0.29) is 10.9 Å². The molecule has 0 unspecified atom stereocenters. The topological polar surface area (TPSA) is 59.5 Å². The van der Waals surface area contributed by atoms with Gasteiger partial charge in [-0.3, -0.25) is 4.79 Å². The molecule has 0 radical (unpaired) electrons. The van der Waals surface area contributed by atoms with Crippen molar-refractivity contribution in [2.45, 2.75) is 25.8 Å². The number of carbonyl (C=O) groups excluding carboxylic acids is 2. The van der Waals surface area contributed by atoms with Gasteiger partial charge in [0.2, 0.25) is 5.01 Å². The van der Waals surface area contributed by atoms with Crippen molar-refractivity contribution >= 4 is 23.2 Å². The second-order valence-corrected chi connectivity index (χ2v) is 4.76. The van der Waals surface area contributed by atoms with Crippen molar-refractivity contribution in [3.63, 3.8) is 0 Å². The average Bonchev–Trinajstić information content (AvgIpc) is 3.04. The molecule has 1 aliphatic rings. The molecular formula is C11H14N2O3S. The SMILES string of the molecule is CCOC(=O)c1nc(C(=O)N(C)C2CC2)cs1. The summed E-state index contributed by atoms with van der Waals surface area (Å²) in [5.41, 5.74) is 0.326. The number of amides is 1. The van der Waals surface area contributed by atoms with Crippen LogP contribution in [0.4, 0.5) is 0 Å². The molecule has 17 heavy (non-hydrogen) atoms. The molecule has 1 saturated carbocycles. The van der Waals surface area contributed by atoms with Crippen LogP contribution >= 0.6 is 11.3 Å². The Hall–Kier alpha value is -1.43. The largest absolute Gasteiger partial charge is 0.461 e. The number of hydrogen-bond acceptors (Lipinski definition) is 5. The van der Waals surface area contributed by atoms with Crippen LogP contribution in [0.15, 0.2) is 5.38 Å². The fraction of sp³-hybridized carbons (Fsp3) is 0.545. The molecule has 0 saturated heterocycles. The quantitative estimate of drug-likeness (QED) is 0.765. The first kappa shape index (κ1) is 12.0. The first-order valence-electron chi connectivity index (χ1n) is 5.53. The molecule has 1 aromatic heterocycles. The highest BCUT2D eigenvalue weighted by molar-refractivity contribution is 7.11. The molecule has 0 atom stereocenters. The Morgan fingerprint density at radius 1 is 1.59 bits per heavy atom. The molecule has 1 heterocycles. The van der Waals surface area contributed by atoms with Crippen LogP contribution in [0, 0.1) is 0 Å². The first-order chi connectivity index (χ1) is 8.13. The van der Waals surface area contributed by atoms with Crippen molar-refractivity contribution in [3.8, 4) is 0 Å². The third-order valence-electron chi connectivity index (χ3n) is 2.59.